The second kappa shape index (κ2) is 10.3. The van der Waals surface area contributed by atoms with Gasteiger partial charge in [-0.25, -0.2) is 0 Å². The van der Waals surface area contributed by atoms with Crippen molar-refractivity contribution >= 4 is 35.0 Å². The fraction of sp³-hybridized carbons (Fsp3) is 0.500. The van der Waals surface area contributed by atoms with E-state index in [1.54, 1.807) is 12.1 Å². The molecule has 0 amide bonds. The molecule has 0 aromatic heterocycles. The molecule has 0 spiro atoms. The minimum absolute atomic E-state index is 0. The molecule has 0 heterocycles. The molecule has 0 saturated carbocycles. The van der Waals surface area contributed by atoms with Gasteiger partial charge in [-0.15, -0.1) is 24.8 Å². The third kappa shape index (κ3) is 4.65. The quantitative estimate of drug-likeness (QED) is 0.255. The van der Waals surface area contributed by atoms with Gasteiger partial charge in [-0.1, -0.05) is 0 Å². The summed E-state index contributed by atoms with van der Waals surface area (Å²) in [5.74, 6) is 0. The van der Waals surface area contributed by atoms with E-state index in [9.17, 15) is 0 Å². The van der Waals surface area contributed by atoms with Gasteiger partial charge >= 0.3 is 213 Å². The van der Waals surface area contributed by atoms with E-state index in [2.05, 4.69) is 125 Å². The summed E-state index contributed by atoms with van der Waals surface area (Å²) in [5, 5.41) is 0. The van der Waals surface area contributed by atoms with E-state index in [1.165, 1.54) is 27.8 Å². The van der Waals surface area contributed by atoms with Crippen molar-refractivity contribution in [3.63, 3.8) is 0 Å². The van der Waals surface area contributed by atoms with Crippen LogP contribution in [0.15, 0.2) is 51.8 Å². The predicted octanol–water partition coefficient (Wildman–Crippen LogP) is 9.06. The average Bonchev–Trinajstić information content (AvgIpc) is 3.38. The van der Waals surface area contributed by atoms with Gasteiger partial charge < -0.3 is 0 Å². The van der Waals surface area contributed by atoms with Gasteiger partial charge in [0.05, 0.1) is 0 Å². The van der Waals surface area contributed by atoms with Crippen LogP contribution in [-0.4, -0.2) is 6.88 Å². The second-order valence-electron chi connectivity index (χ2n) is 13.9. The Bertz CT molecular complexity index is 1270. The van der Waals surface area contributed by atoms with E-state index < -0.39 is 17.4 Å². The number of halogens is 2. The van der Waals surface area contributed by atoms with Gasteiger partial charge in [0.1, 0.15) is 0 Å². The molecule has 0 bridgehead atoms. The standard InChI is InChI=1S/C21H25.C5H5.2C3H7.2ClH.H2Si.Zr/c1-20(2,3)16-9-7-14-11-15-8-10-17(21(4,5)6)13-19(15)18(14)12-16;1-2-4-5-3-1;2*1-3-2;;;;/h7,9-10,12-13H,11H2,1-6H3;1-3H,4H2;2*3H,1-2H3;2*1H;1H2;. The molecule has 2 aromatic carbocycles. The van der Waals surface area contributed by atoms with Crippen LogP contribution in [0.3, 0.4) is 0 Å². The molecule has 0 aliphatic heterocycles. The summed E-state index contributed by atoms with van der Waals surface area (Å²) in [7, 11) is 0. The van der Waals surface area contributed by atoms with E-state index in [4.69, 9.17) is 0 Å². The van der Waals surface area contributed by atoms with Gasteiger partial charge in [0.25, 0.3) is 0 Å². The Labute approximate surface area is 236 Å². The van der Waals surface area contributed by atoms with Gasteiger partial charge in [0, 0.05) is 0 Å². The largest absolute Gasteiger partial charge is 0.147 e. The van der Waals surface area contributed by atoms with Crippen LogP contribution in [0.5, 0.6) is 0 Å². The topological polar surface area (TPSA) is 0 Å². The van der Waals surface area contributed by atoms with Gasteiger partial charge in [-0.2, -0.15) is 0 Å². The maximum Gasteiger partial charge on any atom is -0.147 e. The zero-order valence-corrected chi connectivity index (χ0v) is 29.7. The SMILES string of the molecule is C[CH](C)[Zr](=[SiH2])([C]1=CC=CC1)([c]1cc(C(C)(C)C)cc2c1Cc1ccc(C(C)(C)C)cc1-2)[CH](C)C.Cl.Cl. The number of rotatable bonds is 4. The first-order valence-electron chi connectivity index (χ1n) is 13.3. The minimum Gasteiger partial charge on any atom is -0.147 e. The van der Waals surface area contributed by atoms with Crippen LogP contribution in [-0.2, 0) is 34.6 Å². The maximum atomic E-state index is 2.70. The molecule has 2 aliphatic carbocycles. The molecule has 0 radical (unpaired) electrons. The molecule has 36 heavy (non-hydrogen) atoms. The third-order valence-electron chi connectivity index (χ3n) is 9.55. The molecular weight excluding hydrogens is 575 g/mol. The Hall–Kier alpha value is -0.400. The van der Waals surface area contributed by atoms with Crippen molar-refractivity contribution in [2.75, 3.05) is 0 Å². The number of benzene rings is 2. The first-order valence-corrected chi connectivity index (χ1v) is 24.5. The molecule has 0 fully saturated rings. The third-order valence-corrected chi connectivity index (χ3v) is 46.0. The van der Waals surface area contributed by atoms with E-state index in [1.807, 2.05) is 0 Å². The number of allylic oxidation sites excluding steroid dienone is 4. The van der Waals surface area contributed by atoms with E-state index >= 15 is 0 Å². The van der Waals surface area contributed by atoms with Gasteiger partial charge in [-0.05, 0) is 0 Å². The average molecular weight is 623 g/mol. The van der Waals surface area contributed by atoms with Crippen molar-refractivity contribution in [3.05, 3.63) is 74.1 Å². The minimum atomic E-state index is -3.66. The van der Waals surface area contributed by atoms with Crippen molar-refractivity contribution < 1.29 is 17.4 Å². The van der Waals surface area contributed by atoms with Crippen molar-refractivity contribution in [3.8, 4) is 11.1 Å². The predicted molar refractivity (Wildman–Crippen MR) is 167 cm³/mol. The van der Waals surface area contributed by atoms with Crippen LogP contribution < -0.4 is 3.27 Å². The Morgan fingerprint density at radius 1 is 0.778 bits per heavy atom. The summed E-state index contributed by atoms with van der Waals surface area (Å²) < 4.78 is 4.97. The van der Waals surface area contributed by atoms with Crippen LogP contribution in [0, 0.1) is 0 Å². The van der Waals surface area contributed by atoms with Crippen LogP contribution in [0.25, 0.3) is 11.1 Å². The molecule has 0 atom stereocenters. The fourth-order valence-electron chi connectivity index (χ4n) is 6.79. The van der Waals surface area contributed by atoms with Gasteiger partial charge in [0.15, 0.2) is 0 Å². The number of hydrogen-bond acceptors (Lipinski definition) is 0. The molecule has 198 valence electrons. The molecule has 0 nitrogen and oxygen atoms in total. The molecule has 0 N–H and O–H groups in total. The van der Waals surface area contributed by atoms with Crippen LogP contribution in [0.1, 0.15) is 97.9 Å². The molecule has 0 unspecified atom stereocenters. The molecule has 2 aromatic rings. The van der Waals surface area contributed by atoms with Crippen molar-refractivity contribution in [1.82, 2.24) is 0 Å². The first-order chi connectivity index (χ1) is 15.6. The fourth-order valence-corrected chi connectivity index (χ4v) is 27.2. The van der Waals surface area contributed by atoms with Crippen LogP contribution >= 0.6 is 24.8 Å². The van der Waals surface area contributed by atoms with E-state index in [-0.39, 0.29) is 35.6 Å². The molecule has 4 heteroatoms. The number of fused-ring (bicyclic) bond motifs is 3. The normalized spacial score (nSPS) is 15.4. The van der Waals surface area contributed by atoms with E-state index in [0.717, 1.165) is 12.8 Å². The van der Waals surface area contributed by atoms with Crippen molar-refractivity contribution in [2.45, 2.75) is 100 Å². The zero-order valence-electron chi connectivity index (χ0n) is 24.2. The molecular formula is C32H48Cl2SiZr. The summed E-state index contributed by atoms with van der Waals surface area (Å²) >= 11 is -3.66. The summed E-state index contributed by atoms with van der Waals surface area (Å²) in [5.41, 5.74) is 9.45. The number of hydrogen-bond donors (Lipinski definition) is 0. The summed E-state index contributed by atoms with van der Waals surface area (Å²) in [6, 6.07) is 12.6. The molecule has 4 rings (SSSR count). The summed E-state index contributed by atoms with van der Waals surface area (Å²) in [6.07, 6.45) is 9.51. The van der Waals surface area contributed by atoms with Crippen molar-refractivity contribution in [1.29, 1.82) is 0 Å². The molecule has 0 saturated heterocycles. The summed E-state index contributed by atoms with van der Waals surface area (Å²) in [6.45, 7) is 26.9. The smallest absolute Gasteiger partial charge is 0.147 e. The maximum absolute atomic E-state index is 3.66. The summed E-state index contributed by atoms with van der Waals surface area (Å²) in [4.78, 5) is 0. The second-order valence-corrected chi connectivity index (χ2v) is 39.5. The van der Waals surface area contributed by atoms with Gasteiger partial charge in [0.2, 0.25) is 0 Å². The Morgan fingerprint density at radius 2 is 1.33 bits per heavy atom. The Kier molecular flexibility index (Phi) is 9.10. The Balaban J connectivity index is 0.00000228. The first kappa shape index (κ1) is 31.8. The van der Waals surface area contributed by atoms with Crippen LogP contribution in [0.2, 0.25) is 7.25 Å². The van der Waals surface area contributed by atoms with E-state index in [0.29, 0.717) is 7.25 Å². The van der Waals surface area contributed by atoms with Gasteiger partial charge in [-0.3, -0.25) is 0 Å². The Morgan fingerprint density at radius 3 is 1.81 bits per heavy atom. The van der Waals surface area contributed by atoms with Crippen LogP contribution in [0.4, 0.5) is 0 Å². The van der Waals surface area contributed by atoms with Crippen molar-refractivity contribution in [2.24, 2.45) is 0 Å². The monoisotopic (exact) mass is 620 g/mol. The molecule has 2 aliphatic rings. The zero-order chi connectivity index (χ0) is 25.3.